The maximum atomic E-state index is 13.3. The van der Waals surface area contributed by atoms with Gasteiger partial charge in [0, 0.05) is 13.1 Å². The Morgan fingerprint density at radius 3 is 2.38 bits per heavy atom. The highest BCUT2D eigenvalue weighted by molar-refractivity contribution is 6.09. The number of phenolic OH excluding ortho intramolecular Hbond substituents is 1. The third-order valence-electron chi connectivity index (χ3n) is 5.86. The summed E-state index contributed by atoms with van der Waals surface area (Å²) in [6, 6.07) is 14.7. The van der Waals surface area contributed by atoms with E-state index in [9.17, 15) is 19.5 Å². The molecular formula is C22H22N2O5. The van der Waals surface area contributed by atoms with E-state index >= 15 is 0 Å². The average Bonchev–Trinajstić information content (AvgIpc) is 3.20. The molecule has 2 heterocycles. The van der Waals surface area contributed by atoms with Crippen molar-refractivity contribution in [2.75, 3.05) is 13.7 Å². The summed E-state index contributed by atoms with van der Waals surface area (Å²) in [6.07, 6.45) is 0. The number of benzene rings is 2. The number of aromatic hydroxyl groups is 1. The van der Waals surface area contributed by atoms with Crippen molar-refractivity contribution >= 4 is 17.8 Å². The molecule has 0 bridgehead atoms. The van der Waals surface area contributed by atoms with Crippen molar-refractivity contribution in [3.05, 3.63) is 65.7 Å². The minimum Gasteiger partial charge on any atom is -0.508 e. The van der Waals surface area contributed by atoms with E-state index in [4.69, 9.17) is 4.74 Å². The Balaban J connectivity index is 1.93. The van der Waals surface area contributed by atoms with Gasteiger partial charge < -0.3 is 9.84 Å². The third-order valence-corrected chi connectivity index (χ3v) is 5.86. The monoisotopic (exact) mass is 394 g/mol. The van der Waals surface area contributed by atoms with Gasteiger partial charge in [-0.05, 0) is 30.2 Å². The minimum atomic E-state index is -1.48. The summed E-state index contributed by atoms with van der Waals surface area (Å²) in [5, 5.41) is 12.9. The first kappa shape index (κ1) is 19.1. The maximum Gasteiger partial charge on any atom is 0.331 e. The number of fused-ring (bicyclic) bond motifs is 1. The molecule has 150 valence electrons. The lowest BCUT2D eigenvalue weighted by Crippen LogP contribution is -2.53. The number of nitrogens with one attached hydrogen (secondary N) is 1. The summed E-state index contributed by atoms with van der Waals surface area (Å²) in [4.78, 5) is 40.5. The van der Waals surface area contributed by atoms with E-state index in [0.717, 1.165) is 4.90 Å². The largest absolute Gasteiger partial charge is 0.508 e. The first-order valence-corrected chi connectivity index (χ1v) is 9.52. The number of amides is 2. The molecule has 2 aromatic rings. The van der Waals surface area contributed by atoms with Gasteiger partial charge in [0.2, 0.25) is 11.8 Å². The number of rotatable bonds is 4. The summed E-state index contributed by atoms with van der Waals surface area (Å²) in [5.41, 5.74) is -0.204. The number of carbonyl (C=O) groups is 3. The molecule has 2 fully saturated rings. The smallest absolute Gasteiger partial charge is 0.331 e. The molecule has 2 amide bonds. The highest BCUT2D eigenvalue weighted by atomic mass is 16.5. The summed E-state index contributed by atoms with van der Waals surface area (Å²) >= 11 is 0. The molecule has 4 rings (SSSR count). The summed E-state index contributed by atoms with van der Waals surface area (Å²) < 4.78 is 5.39. The fourth-order valence-corrected chi connectivity index (χ4v) is 4.54. The van der Waals surface area contributed by atoms with E-state index < -0.39 is 35.3 Å². The molecule has 2 aliphatic rings. The molecule has 2 aliphatic heterocycles. The quantitative estimate of drug-likeness (QED) is 0.606. The van der Waals surface area contributed by atoms with Gasteiger partial charge in [0.05, 0.1) is 18.4 Å². The van der Waals surface area contributed by atoms with Crippen LogP contribution in [0.25, 0.3) is 0 Å². The normalized spacial score (nSPS) is 28.5. The maximum absolute atomic E-state index is 13.3. The standard InChI is InChI=1S/C22H22N2O5/c1-3-29-21(28)22(14-7-5-4-6-8-14)17-16(19(26)24(2)20(17)27)18(23-22)13-9-11-15(25)12-10-13/h4-12,16-18,23,25H,3H2,1-2H3/t16-,17-,18-,22-/m1/s1. The molecule has 2 aromatic carbocycles. The fourth-order valence-electron chi connectivity index (χ4n) is 4.54. The van der Waals surface area contributed by atoms with E-state index in [1.807, 2.05) is 6.07 Å². The molecule has 4 atom stereocenters. The van der Waals surface area contributed by atoms with E-state index in [0.29, 0.717) is 11.1 Å². The first-order valence-electron chi connectivity index (χ1n) is 9.52. The van der Waals surface area contributed by atoms with Crippen molar-refractivity contribution in [3.8, 4) is 5.75 Å². The second kappa shape index (κ2) is 7.00. The lowest BCUT2D eigenvalue weighted by atomic mass is 9.75. The number of likely N-dealkylation sites (tertiary alicyclic amines) is 1. The van der Waals surface area contributed by atoms with Gasteiger partial charge in [-0.3, -0.25) is 19.8 Å². The van der Waals surface area contributed by atoms with Gasteiger partial charge in [0.1, 0.15) is 5.75 Å². The Morgan fingerprint density at radius 2 is 1.76 bits per heavy atom. The topological polar surface area (TPSA) is 95.9 Å². The lowest BCUT2D eigenvalue weighted by molar-refractivity contribution is -0.156. The van der Waals surface area contributed by atoms with Crippen LogP contribution in [0.5, 0.6) is 5.75 Å². The molecule has 0 spiro atoms. The molecule has 0 aliphatic carbocycles. The predicted molar refractivity (Wildman–Crippen MR) is 103 cm³/mol. The number of hydrogen-bond acceptors (Lipinski definition) is 6. The van der Waals surface area contributed by atoms with E-state index in [1.54, 1.807) is 43.3 Å². The Bertz CT molecular complexity index is 959. The van der Waals surface area contributed by atoms with Crippen molar-refractivity contribution in [2.45, 2.75) is 18.5 Å². The van der Waals surface area contributed by atoms with Gasteiger partial charge in [-0.25, -0.2) is 4.79 Å². The number of carbonyl (C=O) groups excluding carboxylic acids is 3. The fraction of sp³-hybridized carbons (Fsp3) is 0.318. The van der Waals surface area contributed by atoms with Gasteiger partial charge in [0.25, 0.3) is 0 Å². The van der Waals surface area contributed by atoms with Crippen LogP contribution in [0.15, 0.2) is 54.6 Å². The SMILES string of the molecule is CCOC(=O)[C@]1(c2ccccc2)N[C@H](c2ccc(O)cc2)[C@@H]2C(=O)N(C)C(=O)[C@@H]21. The Hall–Kier alpha value is -3.19. The zero-order valence-corrected chi connectivity index (χ0v) is 16.2. The minimum absolute atomic E-state index is 0.0916. The molecular weight excluding hydrogens is 372 g/mol. The van der Waals surface area contributed by atoms with Crippen LogP contribution in [0, 0.1) is 11.8 Å². The number of phenols is 1. The average molecular weight is 394 g/mol. The second-order valence-electron chi connectivity index (χ2n) is 7.35. The van der Waals surface area contributed by atoms with Gasteiger partial charge >= 0.3 is 5.97 Å². The van der Waals surface area contributed by atoms with Crippen molar-refractivity contribution in [1.29, 1.82) is 0 Å². The third kappa shape index (κ3) is 2.73. The zero-order valence-electron chi connectivity index (χ0n) is 16.2. The van der Waals surface area contributed by atoms with E-state index in [2.05, 4.69) is 5.32 Å². The van der Waals surface area contributed by atoms with Crippen molar-refractivity contribution in [3.63, 3.8) is 0 Å². The van der Waals surface area contributed by atoms with Gasteiger partial charge in [-0.15, -0.1) is 0 Å². The summed E-state index contributed by atoms with van der Waals surface area (Å²) in [7, 11) is 1.44. The highest BCUT2D eigenvalue weighted by Crippen LogP contribution is 2.53. The van der Waals surface area contributed by atoms with Crippen LogP contribution >= 0.6 is 0 Å². The predicted octanol–water partition coefficient (Wildman–Crippen LogP) is 1.73. The summed E-state index contributed by atoms with van der Waals surface area (Å²) in [5.74, 6) is -2.94. The van der Waals surface area contributed by atoms with Crippen molar-refractivity contribution < 1.29 is 24.2 Å². The molecule has 0 saturated carbocycles. The zero-order chi connectivity index (χ0) is 20.8. The Kier molecular flexibility index (Phi) is 4.62. The number of imide groups is 1. The highest BCUT2D eigenvalue weighted by Gasteiger charge is 2.69. The van der Waals surface area contributed by atoms with E-state index in [-0.39, 0.29) is 18.3 Å². The molecule has 0 unspecified atom stereocenters. The van der Waals surface area contributed by atoms with Crippen molar-refractivity contribution in [2.24, 2.45) is 11.8 Å². The molecule has 2 N–H and O–H groups in total. The van der Waals surface area contributed by atoms with E-state index in [1.165, 1.54) is 19.2 Å². The van der Waals surface area contributed by atoms with Crippen LogP contribution in [-0.2, 0) is 24.7 Å². The van der Waals surface area contributed by atoms with Crippen LogP contribution in [0.3, 0.4) is 0 Å². The van der Waals surface area contributed by atoms with Crippen LogP contribution in [0.1, 0.15) is 24.1 Å². The van der Waals surface area contributed by atoms with Crippen LogP contribution in [0.4, 0.5) is 0 Å². The Labute approximate surface area is 168 Å². The molecule has 0 radical (unpaired) electrons. The first-order chi connectivity index (χ1) is 13.9. The number of ether oxygens (including phenoxy) is 1. The Morgan fingerprint density at radius 1 is 1.10 bits per heavy atom. The molecule has 29 heavy (non-hydrogen) atoms. The van der Waals surface area contributed by atoms with Crippen LogP contribution < -0.4 is 5.32 Å². The van der Waals surface area contributed by atoms with Crippen LogP contribution in [-0.4, -0.2) is 41.4 Å². The summed E-state index contributed by atoms with van der Waals surface area (Å²) in [6.45, 7) is 1.85. The molecule has 2 saturated heterocycles. The lowest BCUT2D eigenvalue weighted by Gasteiger charge is -2.33. The second-order valence-corrected chi connectivity index (χ2v) is 7.35. The van der Waals surface area contributed by atoms with Gasteiger partial charge in [-0.2, -0.15) is 0 Å². The number of esters is 1. The molecule has 7 heteroatoms. The van der Waals surface area contributed by atoms with Gasteiger partial charge in [-0.1, -0.05) is 42.5 Å². The van der Waals surface area contributed by atoms with Crippen molar-refractivity contribution in [1.82, 2.24) is 10.2 Å². The van der Waals surface area contributed by atoms with Gasteiger partial charge in [0.15, 0.2) is 5.54 Å². The number of hydrogen-bond donors (Lipinski definition) is 2. The molecule has 7 nitrogen and oxygen atoms in total. The molecule has 0 aromatic heterocycles. The number of nitrogens with zero attached hydrogens (tertiary/aromatic N) is 1. The van der Waals surface area contributed by atoms with Crippen LogP contribution in [0.2, 0.25) is 0 Å².